The van der Waals surface area contributed by atoms with E-state index in [0.717, 1.165) is 15.7 Å². The third-order valence-corrected chi connectivity index (χ3v) is 6.15. The van der Waals surface area contributed by atoms with E-state index < -0.39 is 17.2 Å². The summed E-state index contributed by atoms with van der Waals surface area (Å²) >= 11 is 3.55. The molecule has 0 bridgehead atoms. The van der Waals surface area contributed by atoms with Crippen LogP contribution in [0.1, 0.15) is 57.3 Å². The van der Waals surface area contributed by atoms with Crippen LogP contribution in [0.5, 0.6) is 0 Å². The second kappa shape index (κ2) is 6.51. The molecule has 0 aliphatic carbocycles. The number of pyridine rings is 1. The normalized spacial score (nSPS) is 26.1. The Hall–Kier alpha value is -1.63. The molecule has 142 valence electrons. The van der Waals surface area contributed by atoms with Crippen LogP contribution in [-0.4, -0.2) is 51.5 Å². The maximum atomic E-state index is 13.1. The van der Waals surface area contributed by atoms with Gasteiger partial charge in [0.1, 0.15) is 11.1 Å². The minimum absolute atomic E-state index is 0.00138. The van der Waals surface area contributed by atoms with Crippen LogP contribution in [0.15, 0.2) is 16.7 Å². The van der Waals surface area contributed by atoms with Gasteiger partial charge >= 0.3 is 6.09 Å². The first-order valence-electron chi connectivity index (χ1n) is 8.96. The van der Waals surface area contributed by atoms with Crippen molar-refractivity contribution in [3.63, 3.8) is 0 Å². The van der Waals surface area contributed by atoms with Crippen LogP contribution < -0.4 is 0 Å². The highest BCUT2D eigenvalue weighted by molar-refractivity contribution is 9.10. The van der Waals surface area contributed by atoms with E-state index in [2.05, 4.69) is 20.9 Å². The number of carbonyl (C=O) groups excluding carboxylic acids is 2. The van der Waals surface area contributed by atoms with Crippen molar-refractivity contribution in [1.82, 2.24) is 14.8 Å². The Kier molecular flexibility index (Phi) is 4.80. The van der Waals surface area contributed by atoms with Gasteiger partial charge in [-0.15, -0.1) is 0 Å². The summed E-state index contributed by atoms with van der Waals surface area (Å²) in [5, 5.41) is 0. The van der Waals surface area contributed by atoms with Crippen LogP contribution >= 0.6 is 15.9 Å². The van der Waals surface area contributed by atoms with Gasteiger partial charge in [0, 0.05) is 24.3 Å². The van der Waals surface area contributed by atoms with Crippen LogP contribution in [-0.2, 0) is 9.53 Å². The van der Waals surface area contributed by atoms with E-state index in [9.17, 15) is 9.59 Å². The Morgan fingerprint density at radius 3 is 2.65 bits per heavy atom. The summed E-state index contributed by atoms with van der Waals surface area (Å²) in [5.74, 6) is -0.00138. The lowest BCUT2D eigenvalue weighted by Crippen LogP contribution is -2.54. The lowest BCUT2D eigenvalue weighted by Gasteiger charge is -2.37. The highest BCUT2D eigenvalue weighted by atomic mass is 79.9. The highest BCUT2D eigenvalue weighted by Gasteiger charge is 2.59. The summed E-state index contributed by atoms with van der Waals surface area (Å²) in [7, 11) is 1.79. The number of aromatic nitrogens is 1. The van der Waals surface area contributed by atoms with Crippen LogP contribution in [0.3, 0.4) is 0 Å². The third-order valence-electron chi connectivity index (χ3n) is 5.29. The van der Waals surface area contributed by atoms with Gasteiger partial charge in [-0.2, -0.15) is 0 Å². The van der Waals surface area contributed by atoms with Gasteiger partial charge in [-0.05, 0) is 58.6 Å². The predicted molar refractivity (Wildman–Crippen MR) is 102 cm³/mol. The van der Waals surface area contributed by atoms with Gasteiger partial charge in [0.15, 0.2) is 0 Å². The van der Waals surface area contributed by atoms with Crippen molar-refractivity contribution >= 4 is 27.9 Å². The molecular weight excluding hydrogens is 398 g/mol. The number of hydrogen-bond donors (Lipinski definition) is 0. The van der Waals surface area contributed by atoms with Gasteiger partial charge < -0.3 is 9.64 Å². The smallest absolute Gasteiger partial charge is 0.411 e. The van der Waals surface area contributed by atoms with E-state index in [1.165, 1.54) is 0 Å². The molecule has 26 heavy (non-hydrogen) atoms. The lowest BCUT2D eigenvalue weighted by atomic mass is 9.94. The molecule has 6 nitrogen and oxygen atoms in total. The molecule has 2 aliphatic rings. The average Bonchev–Trinajstić information content (AvgIpc) is 3.05. The number of amides is 2. The first-order valence-corrected chi connectivity index (χ1v) is 9.75. The standard InChI is InChI=1S/C19H26BrN3O3/c1-12-13(20)7-10-21-15(12)14-6-8-19(9-11-22(5)16(19)24)23(14)17(25)26-18(2,3)4/h7,10,14H,6,8-9,11H2,1-5H3/t14-,19-/m1/s1. The van der Waals surface area contributed by atoms with Crippen molar-refractivity contribution in [2.75, 3.05) is 13.6 Å². The Labute approximate surface area is 163 Å². The van der Waals surface area contributed by atoms with Gasteiger partial charge in [-0.3, -0.25) is 14.7 Å². The number of likely N-dealkylation sites (N-methyl/N-ethyl adjacent to an activating group) is 1. The van der Waals surface area contributed by atoms with Crippen LogP contribution in [0.25, 0.3) is 0 Å². The molecule has 7 heteroatoms. The fourth-order valence-electron chi connectivity index (χ4n) is 4.03. The highest BCUT2D eigenvalue weighted by Crippen LogP contribution is 2.48. The summed E-state index contributed by atoms with van der Waals surface area (Å²) in [4.78, 5) is 34.1. The van der Waals surface area contributed by atoms with Crippen molar-refractivity contribution < 1.29 is 14.3 Å². The summed E-state index contributed by atoms with van der Waals surface area (Å²) < 4.78 is 6.64. The first-order chi connectivity index (χ1) is 12.1. The summed E-state index contributed by atoms with van der Waals surface area (Å²) in [6, 6.07) is 1.62. The SMILES string of the molecule is Cc1c(Br)ccnc1[C@H]1CC[C@]2(CCN(C)C2=O)N1C(=O)OC(C)(C)C. The average molecular weight is 424 g/mol. The van der Waals surface area contributed by atoms with Crippen LogP contribution in [0, 0.1) is 6.92 Å². The molecule has 1 aromatic rings. The molecule has 0 radical (unpaired) electrons. The zero-order valence-corrected chi connectivity index (χ0v) is 17.6. The van der Waals surface area contributed by atoms with Gasteiger partial charge in [0.25, 0.3) is 0 Å². The van der Waals surface area contributed by atoms with E-state index in [-0.39, 0.29) is 11.9 Å². The first kappa shape index (κ1) is 19.1. The van der Waals surface area contributed by atoms with E-state index in [4.69, 9.17) is 4.74 Å². The maximum Gasteiger partial charge on any atom is 0.411 e. The molecule has 2 atom stereocenters. The Morgan fingerprint density at radius 2 is 2.08 bits per heavy atom. The number of halogens is 1. The van der Waals surface area contributed by atoms with Crippen molar-refractivity contribution in [2.24, 2.45) is 0 Å². The van der Waals surface area contributed by atoms with E-state index >= 15 is 0 Å². The molecule has 0 unspecified atom stereocenters. The zero-order chi connectivity index (χ0) is 19.3. The second-order valence-electron chi connectivity index (χ2n) is 8.22. The number of likely N-dealkylation sites (tertiary alicyclic amines) is 2. The van der Waals surface area contributed by atoms with E-state index in [0.29, 0.717) is 25.8 Å². The summed E-state index contributed by atoms with van der Waals surface area (Å²) in [5.41, 5.74) is 0.364. The van der Waals surface area contributed by atoms with Crippen LogP contribution in [0.2, 0.25) is 0 Å². The number of rotatable bonds is 1. The zero-order valence-electron chi connectivity index (χ0n) is 16.0. The third kappa shape index (κ3) is 3.10. The molecular formula is C19H26BrN3O3. The molecule has 0 N–H and O–H groups in total. The minimum Gasteiger partial charge on any atom is -0.444 e. The molecule has 1 spiro atoms. The van der Waals surface area contributed by atoms with Gasteiger partial charge in [0.05, 0.1) is 11.7 Å². The predicted octanol–water partition coefficient (Wildman–Crippen LogP) is 3.83. The molecule has 2 aliphatic heterocycles. The molecule has 3 rings (SSSR count). The maximum absolute atomic E-state index is 13.1. The van der Waals surface area contributed by atoms with Crippen LogP contribution in [0.4, 0.5) is 4.79 Å². The van der Waals surface area contributed by atoms with Crippen molar-refractivity contribution in [3.8, 4) is 0 Å². The monoisotopic (exact) mass is 423 g/mol. The molecule has 0 aromatic carbocycles. The Bertz CT molecular complexity index is 746. The van der Waals surface area contributed by atoms with Crippen molar-refractivity contribution in [3.05, 3.63) is 28.0 Å². The number of nitrogens with zero attached hydrogens (tertiary/aromatic N) is 3. The summed E-state index contributed by atoms with van der Waals surface area (Å²) in [6.07, 6.45) is 3.25. The topological polar surface area (TPSA) is 62.7 Å². The largest absolute Gasteiger partial charge is 0.444 e. The lowest BCUT2D eigenvalue weighted by molar-refractivity contribution is -0.136. The molecule has 1 aromatic heterocycles. The van der Waals surface area contributed by atoms with Crippen molar-refractivity contribution in [2.45, 2.75) is 64.1 Å². The molecule has 0 saturated carbocycles. The fourth-order valence-corrected chi connectivity index (χ4v) is 4.35. The molecule has 3 heterocycles. The number of ether oxygens (including phenoxy) is 1. The second-order valence-corrected chi connectivity index (χ2v) is 9.07. The van der Waals surface area contributed by atoms with E-state index in [1.54, 1.807) is 23.0 Å². The van der Waals surface area contributed by atoms with Gasteiger partial charge in [0.2, 0.25) is 5.91 Å². The molecule has 2 fully saturated rings. The summed E-state index contributed by atoms with van der Waals surface area (Å²) in [6.45, 7) is 8.15. The minimum atomic E-state index is -0.821. The van der Waals surface area contributed by atoms with Gasteiger partial charge in [-0.1, -0.05) is 15.9 Å². The van der Waals surface area contributed by atoms with Crippen molar-refractivity contribution in [1.29, 1.82) is 0 Å². The Morgan fingerprint density at radius 1 is 1.38 bits per heavy atom. The number of carbonyl (C=O) groups is 2. The van der Waals surface area contributed by atoms with Gasteiger partial charge in [-0.25, -0.2) is 4.79 Å². The Balaban J connectivity index is 2.06. The number of hydrogen-bond acceptors (Lipinski definition) is 4. The molecule has 2 amide bonds. The van der Waals surface area contributed by atoms with E-state index in [1.807, 2.05) is 33.8 Å². The quantitative estimate of drug-likeness (QED) is 0.688. The molecule has 2 saturated heterocycles. The fraction of sp³-hybridized carbons (Fsp3) is 0.632.